The van der Waals surface area contributed by atoms with E-state index in [0.29, 0.717) is 39.0 Å². The van der Waals surface area contributed by atoms with Crippen LogP contribution in [0.15, 0.2) is 11.4 Å². The molecule has 32 heavy (non-hydrogen) atoms. The van der Waals surface area contributed by atoms with Gasteiger partial charge in [-0.25, -0.2) is 27.4 Å². The Morgan fingerprint density at radius 3 is 2.53 bits per heavy atom. The lowest BCUT2D eigenvalue weighted by molar-refractivity contribution is -0.126. The third-order valence-corrected chi connectivity index (χ3v) is 8.06. The van der Waals surface area contributed by atoms with Crippen LogP contribution in [0.25, 0.3) is 11.0 Å². The number of fused-ring (bicyclic) bond motifs is 1. The van der Waals surface area contributed by atoms with Crippen molar-refractivity contribution in [3.63, 3.8) is 0 Å². The van der Waals surface area contributed by atoms with Crippen molar-refractivity contribution in [2.45, 2.75) is 43.8 Å². The zero-order valence-corrected chi connectivity index (χ0v) is 20.3. The highest BCUT2D eigenvalue weighted by molar-refractivity contribution is 7.98. The summed E-state index contributed by atoms with van der Waals surface area (Å²) < 4.78 is 26.6. The van der Waals surface area contributed by atoms with Crippen molar-refractivity contribution in [1.82, 2.24) is 29.4 Å². The van der Waals surface area contributed by atoms with Gasteiger partial charge in [0.05, 0.1) is 24.4 Å². The van der Waals surface area contributed by atoms with Gasteiger partial charge in [-0.1, -0.05) is 11.8 Å². The Hall–Kier alpha value is -1.92. The quantitative estimate of drug-likeness (QED) is 0.465. The summed E-state index contributed by atoms with van der Waals surface area (Å²) in [6, 6.07) is 0. The maximum absolute atomic E-state index is 12.6. The number of piperidine rings is 2. The van der Waals surface area contributed by atoms with Gasteiger partial charge in [0.2, 0.25) is 15.9 Å². The van der Waals surface area contributed by atoms with E-state index >= 15 is 0 Å². The van der Waals surface area contributed by atoms with Crippen LogP contribution in [0.5, 0.6) is 0 Å². The van der Waals surface area contributed by atoms with Crippen molar-refractivity contribution in [2.24, 2.45) is 5.92 Å². The SMILES string of the molecule is CSc1nc(N2CCCCC2)c2cnn(CCNC(=O)C3CCN(S(C)(=O)=O)CC3)c2n1. The number of carbonyl (C=O) groups is 1. The zero-order chi connectivity index (χ0) is 22.7. The molecule has 0 aromatic carbocycles. The van der Waals surface area contributed by atoms with E-state index in [1.807, 2.05) is 17.1 Å². The monoisotopic (exact) mass is 481 g/mol. The first kappa shape index (κ1) is 23.2. The smallest absolute Gasteiger partial charge is 0.223 e. The Labute approximate surface area is 193 Å². The second-order valence-corrected chi connectivity index (χ2v) is 11.2. The molecule has 1 N–H and O–H groups in total. The number of aromatic nitrogens is 4. The average Bonchev–Trinajstić information content (AvgIpc) is 3.21. The zero-order valence-electron chi connectivity index (χ0n) is 18.7. The molecule has 1 amide bonds. The fourth-order valence-electron chi connectivity index (χ4n) is 4.40. The second-order valence-electron chi connectivity index (χ2n) is 8.41. The van der Waals surface area contributed by atoms with E-state index in [2.05, 4.69) is 20.3 Å². The minimum atomic E-state index is -3.19. The molecule has 12 heteroatoms. The van der Waals surface area contributed by atoms with Crippen molar-refractivity contribution in [1.29, 1.82) is 0 Å². The van der Waals surface area contributed by atoms with E-state index < -0.39 is 10.0 Å². The van der Waals surface area contributed by atoms with Crippen LogP contribution in [0.4, 0.5) is 5.82 Å². The van der Waals surface area contributed by atoms with Crippen LogP contribution >= 0.6 is 11.8 Å². The number of hydrogen-bond donors (Lipinski definition) is 1. The van der Waals surface area contributed by atoms with Crippen molar-refractivity contribution in [3.8, 4) is 0 Å². The number of carbonyl (C=O) groups excluding carboxylic acids is 1. The largest absolute Gasteiger partial charge is 0.356 e. The molecule has 0 radical (unpaired) electrons. The van der Waals surface area contributed by atoms with Gasteiger partial charge in [0.25, 0.3) is 0 Å². The molecule has 4 rings (SSSR count). The topological polar surface area (TPSA) is 113 Å². The molecule has 2 aromatic heterocycles. The normalized spacial score (nSPS) is 18.9. The lowest BCUT2D eigenvalue weighted by Gasteiger charge is -2.29. The molecule has 176 valence electrons. The first-order valence-electron chi connectivity index (χ1n) is 11.1. The summed E-state index contributed by atoms with van der Waals surface area (Å²) in [6.07, 6.45) is 9.70. The molecular weight excluding hydrogens is 450 g/mol. The predicted molar refractivity (Wildman–Crippen MR) is 125 cm³/mol. The fourth-order valence-corrected chi connectivity index (χ4v) is 5.63. The summed E-state index contributed by atoms with van der Waals surface area (Å²) >= 11 is 1.52. The number of hydrogen-bond acceptors (Lipinski definition) is 8. The van der Waals surface area contributed by atoms with E-state index in [-0.39, 0.29) is 11.8 Å². The van der Waals surface area contributed by atoms with Crippen LogP contribution in [0, 0.1) is 5.92 Å². The van der Waals surface area contributed by atoms with Crippen LogP contribution in [-0.4, -0.2) is 83.6 Å². The fraction of sp³-hybridized carbons (Fsp3) is 0.700. The number of sulfonamides is 1. The highest BCUT2D eigenvalue weighted by atomic mass is 32.2. The predicted octanol–water partition coefficient (Wildman–Crippen LogP) is 1.33. The third kappa shape index (κ3) is 5.18. The number of amides is 1. The highest BCUT2D eigenvalue weighted by Gasteiger charge is 2.28. The Balaban J connectivity index is 1.39. The van der Waals surface area contributed by atoms with Crippen LogP contribution < -0.4 is 10.2 Å². The third-order valence-electron chi connectivity index (χ3n) is 6.21. The Bertz CT molecular complexity index is 1060. The molecule has 0 atom stereocenters. The Kier molecular flexibility index (Phi) is 7.21. The van der Waals surface area contributed by atoms with Crippen molar-refractivity contribution >= 4 is 44.5 Å². The van der Waals surface area contributed by atoms with Gasteiger partial charge in [0.15, 0.2) is 10.8 Å². The van der Waals surface area contributed by atoms with E-state index in [1.54, 1.807) is 0 Å². The molecule has 2 aromatic rings. The van der Waals surface area contributed by atoms with Gasteiger partial charge in [-0.05, 0) is 38.4 Å². The lowest BCUT2D eigenvalue weighted by atomic mass is 9.97. The summed E-state index contributed by atoms with van der Waals surface area (Å²) in [7, 11) is -3.19. The number of rotatable bonds is 7. The van der Waals surface area contributed by atoms with Crippen molar-refractivity contribution in [3.05, 3.63) is 6.20 Å². The molecule has 10 nitrogen and oxygen atoms in total. The van der Waals surface area contributed by atoms with Crippen LogP contribution in [-0.2, 0) is 21.4 Å². The first-order valence-corrected chi connectivity index (χ1v) is 14.2. The molecule has 0 unspecified atom stereocenters. The van der Waals surface area contributed by atoms with E-state index in [0.717, 1.165) is 35.1 Å². The molecule has 0 spiro atoms. The summed E-state index contributed by atoms with van der Waals surface area (Å²) in [5, 5.41) is 9.19. The van der Waals surface area contributed by atoms with Crippen LogP contribution in [0.2, 0.25) is 0 Å². The number of thioether (sulfide) groups is 1. The van der Waals surface area contributed by atoms with Crippen molar-refractivity contribution in [2.75, 3.05) is 50.1 Å². The molecule has 0 bridgehead atoms. The van der Waals surface area contributed by atoms with Gasteiger partial charge in [-0.2, -0.15) is 5.10 Å². The molecule has 2 aliphatic rings. The van der Waals surface area contributed by atoms with Gasteiger partial charge in [0, 0.05) is 38.6 Å². The summed E-state index contributed by atoms with van der Waals surface area (Å²) in [4.78, 5) is 24.3. The first-order chi connectivity index (χ1) is 15.4. The number of nitrogens with one attached hydrogen (secondary N) is 1. The minimum absolute atomic E-state index is 0.0250. The van der Waals surface area contributed by atoms with Gasteiger partial charge >= 0.3 is 0 Å². The molecule has 4 heterocycles. The van der Waals surface area contributed by atoms with Crippen LogP contribution in [0.3, 0.4) is 0 Å². The number of nitrogens with zero attached hydrogens (tertiary/aromatic N) is 6. The molecule has 0 aliphatic carbocycles. The molecule has 0 saturated carbocycles. The summed E-state index contributed by atoms with van der Waals surface area (Å²) in [5.41, 5.74) is 0.792. The van der Waals surface area contributed by atoms with Gasteiger partial charge in [0.1, 0.15) is 5.82 Å². The van der Waals surface area contributed by atoms with E-state index in [9.17, 15) is 13.2 Å². The average molecular weight is 482 g/mol. The Morgan fingerprint density at radius 1 is 1.16 bits per heavy atom. The number of anilines is 1. The molecule has 2 aliphatic heterocycles. The van der Waals surface area contributed by atoms with Gasteiger partial charge < -0.3 is 10.2 Å². The lowest BCUT2D eigenvalue weighted by Crippen LogP contribution is -2.43. The van der Waals surface area contributed by atoms with E-state index in [1.165, 1.54) is 41.6 Å². The maximum atomic E-state index is 12.6. The second kappa shape index (κ2) is 9.92. The highest BCUT2D eigenvalue weighted by Crippen LogP contribution is 2.28. The minimum Gasteiger partial charge on any atom is -0.356 e. The van der Waals surface area contributed by atoms with Gasteiger partial charge in [-0.15, -0.1) is 0 Å². The van der Waals surface area contributed by atoms with Crippen LogP contribution in [0.1, 0.15) is 32.1 Å². The Morgan fingerprint density at radius 2 is 1.88 bits per heavy atom. The van der Waals surface area contributed by atoms with E-state index in [4.69, 9.17) is 4.98 Å². The molecular formula is C20H31N7O3S2. The maximum Gasteiger partial charge on any atom is 0.223 e. The molecule has 2 saturated heterocycles. The summed E-state index contributed by atoms with van der Waals surface area (Å²) in [6.45, 7) is 3.75. The molecule has 2 fully saturated rings. The van der Waals surface area contributed by atoms with Gasteiger partial charge in [-0.3, -0.25) is 4.79 Å². The van der Waals surface area contributed by atoms with Crippen molar-refractivity contribution < 1.29 is 13.2 Å². The summed E-state index contributed by atoms with van der Waals surface area (Å²) in [5.74, 6) is 0.772. The standard InChI is InChI=1S/C20H31N7O3S2/c1-31-20-23-17(25-9-4-3-5-10-25)16-14-22-27(18(16)24-20)13-8-21-19(28)15-6-11-26(12-7-15)32(2,29)30/h14-15H,3-13H2,1-2H3,(H,21,28).